The summed E-state index contributed by atoms with van der Waals surface area (Å²) in [5, 5.41) is 7.51. The minimum absolute atomic E-state index is 0.185. The third kappa shape index (κ3) is 4.90. The number of hydrogen-bond acceptors (Lipinski definition) is 3. The van der Waals surface area contributed by atoms with Crippen LogP contribution in [-0.4, -0.2) is 0 Å². The van der Waals surface area contributed by atoms with E-state index < -0.39 is 0 Å². The Morgan fingerprint density at radius 3 is 1.90 bits per heavy atom. The van der Waals surface area contributed by atoms with Crippen LogP contribution in [-0.2, 0) is 10.8 Å². The van der Waals surface area contributed by atoms with Crippen molar-refractivity contribution >= 4 is 81.3 Å². The number of anilines is 3. The number of fused-ring (bicyclic) bond motifs is 8. The summed E-state index contributed by atoms with van der Waals surface area (Å²) in [5.41, 5.74) is 11.0. The normalized spacial score (nSPS) is 15.2. The van der Waals surface area contributed by atoms with Gasteiger partial charge >= 0.3 is 0 Å². The lowest BCUT2D eigenvalue weighted by atomic mass is 9.63. The summed E-state index contributed by atoms with van der Waals surface area (Å²) in [6.45, 7) is 9.68. The van der Waals surface area contributed by atoms with Crippen molar-refractivity contribution in [2.24, 2.45) is 0 Å². The monoisotopic (exact) mass is 677 g/mol. The van der Waals surface area contributed by atoms with Crippen molar-refractivity contribution in [3.05, 3.63) is 151 Å². The Morgan fingerprint density at radius 2 is 1.08 bits per heavy atom. The van der Waals surface area contributed by atoms with Gasteiger partial charge in [0.25, 0.3) is 0 Å². The molecule has 0 fully saturated rings. The van der Waals surface area contributed by atoms with E-state index in [9.17, 15) is 0 Å². The molecule has 0 aliphatic heterocycles. The fourth-order valence-corrected chi connectivity index (χ4v) is 9.60. The molecule has 0 bridgehead atoms. The molecule has 0 saturated heterocycles. The van der Waals surface area contributed by atoms with Gasteiger partial charge < -0.3 is 9.32 Å². The first-order chi connectivity index (χ1) is 24.7. The van der Waals surface area contributed by atoms with Crippen molar-refractivity contribution in [3.8, 4) is 11.1 Å². The zero-order valence-corrected chi connectivity index (χ0v) is 30.3. The van der Waals surface area contributed by atoms with Crippen molar-refractivity contribution in [1.29, 1.82) is 0 Å². The predicted octanol–water partition coefficient (Wildman–Crippen LogP) is 14.6. The molecule has 0 amide bonds. The van der Waals surface area contributed by atoms with Crippen LogP contribution in [0.2, 0.25) is 0 Å². The molecule has 0 spiro atoms. The van der Waals surface area contributed by atoms with Gasteiger partial charge in [-0.05, 0) is 123 Å². The number of nitrogens with zero attached hydrogens (tertiary/aromatic N) is 1. The van der Waals surface area contributed by atoms with E-state index in [-0.39, 0.29) is 10.8 Å². The average molecular weight is 678 g/mol. The topological polar surface area (TPSA) is 16.4 Å². The summed E-state index contributed by atoms with van der Waals surface area (Å²) in [6, 6.07) is 51.3. The highest BCUT2D eigenvalue weighted by molar-refractivity contribution is 7.25. The highest BCUT2D eigenvalue weighted by Gasteiger charge is 2.37. The third-order valence-electron chi connectivity index (χ3n) is 11.5. The highest BCUT2D eigenvalue weighted by Crippen LogP contribution is 2.50. The second-order valence-corrected chi connectivity index (χ2v) is 16.8. The molecule has 10 rings (SSSR count). The first kappa shape index (κ1) is 30.4. The van der Waals surface area contributed by atoms with Crippen molar-refractivity contribution in [2.75, 3.05) is 4.90 Å². The third-order valence-corrected chi connectivity index (χ3v) is 12.6. The van der Waals surface area contributed by atoms with Crippen LogP contribution in [0.5, 0.6) is 0 Å². The van der Waals surface area contributed by atoms with Crippen molar-refractivity contribution in [2.45, 2.75) is 51.4 Å². The van der Waals surface area contributed by atoms with E-state index in [1.165, 1.54) is 54.9 Å². The first-order valence-electron chi connectivity index (χ1n) is 18.0. The van der Waals surface area contributed by atoms with Crippen molar-refractivity contribution < 1.29 is 4.42 Å². The van der Waals surface area contributed by atoms with Gasteiger partial charge in [0.05, 0.1) is 0 Å². The van der Waals surface area contributed by atoms with Crippen molar-refractivity contribution in [1.82, 2.24) is 0 Å². The summed E-state index contributed by atoms with van der Waals surface area (Å²) in [4.78, 5) is 2.40. The van der Waals surface area contributed by atoms with Gasteiger partial charge in [0.15, 0.2) is 0 Å². The minimum atomic E-state index is 0.185. The maximum atomic E-state index is 6.23. The molecule has 51 heavy (non-hydrogen) atoms. The second kappa shape index (κ2) is 11.1. The predicted molar refractivity (Wildman–Crippen MR) is 220 cm³/mol. The summed E-state index contributed by atoms with van der Waals surface area (Å²) >= 11 is 1.93. The Balaban J connectivity index is 1.09. The first-order valence-corrected chi connectivity index (χ1v) is 18.9. The van der Waals surface area contributed by atoms with Crippen LogP contribution < -0.4 is 4.90 Å². The number of thiophene rings is 1. The SMILES string of the molecule is CC1(C)CCC(C)(C)c2cc3c(cc21)sc1cc(N(c2ccc(-c4ccc5c(c4)oc4ccccc45)cc2)c2ccc4ccccc4c2)ccc13. The summed E-state index contributed by atoms with van der Waals surface area (Å²) < 4.78 is 8.93. The van der Waals surface area contributed by atoms with E-state index in [0.717, 1.165) is 50.1 Å². The van der Waals surface area contributed by atoms with Crippen LogP contribution in [0.4, 0.5) is 17.1 Å². The fraction of sp³-hybridized carbons (Fsp3) is 0.167. The minimum Gasteiger partial charge on any atom is -0.456 e. The molecule has 0 unspecified atom stereocenters. The van der Waals surface area contributed by atoms with Gasteiger partial charge in [-0.3, -0.25) is 0 Å². The standard InChI is InChI=1S/C48H39NOS/c1-47(2)23-24-48(3,4)42-29-46-40(28-41(42)47)39-22-20-36(27-45(39)51-46)49(35-19-15-30-9-5-6-10-32(30)25-35)34-17-13-31(14-18-34)33-16-21-38-37-11-7-8-12-43(37)50-44(38)26-33/h5-22,25-29H,23-24H2,1-4H3. The van der Waals surface area contributed by atoms with Crippen LogP contribution in [0.1, 0.15) is 51.7 Å². The van der Waals surface area contributed by atoms with Gasteiger partial charge in [0.1, 0.15) is 11.2 Å². The lowest BCUT2D eigenvalue weighted by Crippen LogP contribution is -2.33. The fourth-order valence-electron chi connectivity index (χ4n) is 8.44. The molecular weight excluding hydrogens is 639 g/mol. The molecule has 3 heteroatoms. The Hall–Kier alpha value is -5.38. The zero-order valence-electron chi connectivity index (χ0n) is 29.5. The van der Waals surface area contributed by atoms with E-state index in [0.29, 0.717) is 0 Å². The molecular formula is C48H39NOS. The lowest BCUT2D eigenvalue weighted by molar-refractivity contribution is 0.332. The molecule has 2 heterocycles. The average Bonchev–Trinajstić information content (AvgIpc) is 3.70. The molecule has 0 N–H and O–H groups in total. The maximum absolute atomic E-state index is 6.23. The quantitative estimate of drug-likeness (QED) is 0.184. The number of benzene rings is 7. The van der Waals surface area contributed by atoms with E-state index in [1.807, 2.05) is 23.5 Å². The Kier molecular flexibility index (Phi) is 6.60. The van der Waals surface area contributed by atoms with Gasteiger partial charge in [0, 0.05) is 48.0 Å². The molecule has 7 aromatic carbocycles. The zero-order chi connectivity index (χ0) is 34.5. The van der Waals surface area contributed by atoms with Crippen LogP contribution in [0.3, 0.4) is 0 Å². The Morgan fingerprint density at radius 1 is 0.471 bits per heavy atom. The number of rotatable bonds is 4. The maximum Gasteiger partial charge on any atom is 0.136 e. The molecule has 0 saturated carbocycles. The number of hydrogen-bond donors (Lipinski definition) is 0. The highest BCUT2D eigenvalue weighted by atomic mass is 32.1. The van der Waals surface area contributed by atoms with Crippen molar-refractivity contribution in [3.63, 3.8) is 0 Å². The number of para-hydroxylation sites is 1. The van der Waals surface area contributed by atoms with Gasteiger partial charge in [-0.1, -0.05) is 100 Å². The molecule has 2 aromatic heterocycles. The molecule has 2 nitrogen and oxygen atoms in total. The Labute approximate surface area is 302 Å². The molecule has 0 atom stereocenters. The van der Waals surface area contributed by atoms with Crippen LogP contribution in [0.25, 0.3) is 64.0 Å². The van der Waals surface area contributed by atoms with Gasteiger partial charge in [-0.15, -0.1) is 11.3 Å². The molecule has 9 aromatic rings. The second-order valence-electron chi connectivity index (χ2n) is 15.7. The lowest BCUT2D eigenvalue weighted by Gasteiger charge is -2.41. The van der Waals surface area contributed by atoms with E-state index in [4.69, 9.17) is 4.42 Å². The van der Waals surface area contributed by atoms with Gasteiger partial charge in [-0.25, -0.2) is 0 Å². The van der Waals surface area contributed by atoms with Gasteiger partial charge in [0.2, 0.25) is 0 Å². The van der Waals surface area contributed by atoms with Crippen LogP contribution >= 0.6 is 11.3 Å². The molecule has 0 radical (unpaired) electrons. The van der Waals surface area contributed by atoms with E-state index >= 15 is 0 Å². The smallest absolute Gasteiger partial charge is 0.136 e. The number of furan rings is 1. The molecule has 1 aliphatic carbocycles. The summed E-state index contributed by atoms with van der Waals surface area (Å²) in [7, 11) is 0. The van der Waals surface area contributed by atoms with Crippen LogP contribution in [0, 0.1) is 0 Å². The Bertz CT molecular complexity index is 2810. The molecule has 1 aliphatic rings. The van der Waals surface area contributed by atoms with E-state index in [1.54, 1.807) is 0 Å². The van der Waals surface area contributed by atoms with Crippen LogP contribution in [0.15, 0.2) is 144 Å². The molecule has 248 valence electrons. The summed E-state index contributed by atoms with van der Waals surface area (Å²) in [5.74, 6) is 0. The van der Waals surface area contributed by atoms with Gasteiger partial charge in [-0.2, -0.15) is 0 Å². The summed E-state index contributed by atoms with van der Waals surface area (Å²) in [6.07, 6.45) is 2.44. The largest absolute Gasteiger partial charge is 0.456 e. The van der Waals surface area contributed by atoms with E-state index in [2.05, 4.69) is 160 Å².